The molecule has 0 spiro atoms. The van der Waals surface area contributed by atoms with E-state index in [1.54, 1.807) is 13.3 Å². The van der Waals surface area contributed by atoms with Crippen molar-refractivity contribution in [2.45, 2.75) is 32.7 Å². The highest BCUT2D eigenvalue weighted by Gasteiger charge is 2.30. The van der Waals surface area contributed by atoms with Crippen molar-refractivity contribution in [2.24, 2.45) is 5.41 Å². The van der Waals surface area contributed by atoms with Gasteiger partial charge in [-0.3, -0.25) is 0 Å². The number of pyridine rings is 1. The summed E-state index contributed by atoms with van der Waals surface area (Å²) in [5.74, 6) is 0.969. The summed E-state index contributed by atoms with van der Waals surface area (Å²) in [6, 6.07) is 7.96. The second-order valence-electron chi connectivity index (χ2n) is 6.56. The van der Waals surface area contributed by atoms with Crippen LogP contribution in [0.4, 0.5) is 0 Å². The van der Waals surface area contributed by atoms with Gasteiger partial charge in [-0.15, -0.1) is 0 Å². The summed E-state index contributed by atoms with van der Waals surface area (Å²) in [7, 11) is 1.62. The normalized spacial score (nSPS) is 20.8. The molecule has 1 aromatic carbocycles. The van der Waals surface area contributed by atoms with Gasteiger partial charge >= 0.3 is 0 Å². The van der Waals surface area contributed by atoms with Crippen LogP contribution < -0.4 is 9.30 Å². The predicted octanol–water partition coefficient (Wildman–Crippen LogP) is 3.48. The Bertz CT molecular complexity index is 820. The molecule has 23 heavy (non-hydrogen) atoms. The molecule has 1 aliphatic rings. The lowest BCUT2D eigenvalue weighted by molar-refractivity contribution is -0.706. The lowest BCUT2D eigenvalue weighted by Gasteiger charge is -2.27. The third-order valence-electron chi connectivity index (χ3n) is 4.53. The Kier molecular flexibility index (Phi) is 3.96. The summed E-state index contributed by atoms with van der Waals surface area (Å²) in [5, 5.41) is 21.2. The minimum Gasteiger partial charge on any atom is -0.502 e. The van der Waals surface area contributed by atoms with Gasteiger partial charge in [0.15, 0.2) is 18.5 Å². The van der Waals surface area contributed by atoms with E-state index in [0.29, 0.717) is 0 Å². The topological polar surface area (TPSA) is 57.1 Å². The van der Waals surface area contributed by atoms with Crippen LogP contribution in [0.3, 0.4) is 0 Å². The highest BCUT2D eigenvalue weighted by Crippen LogP contribution is 2.34. The molecule has 1 N–H and O–H groups in total. The maximum absolute atomic E-state index is 10.3. The van der Waals surface area contributed by atoms with Gasteiger partial charge in [0.05, 0.1) is 13.2 Å². The fraction of sp³-hybridized carbons (Fsp3) is 0.368. The molecule has 1 atom stereocenters. The van der Waals surface area contributed by atoms with E-state index in [4.69, 9.17) is 10.00 Å². The largest absolute Gasteiger partial charge is 0.502 e. The molecule has 0 radical (unpaired) electrons. The fourth-order valence-corrected chi connectivity index (χ4v) is 3.41. The SMILES string of the molecule is COc1ccc2c[n+](CC3(C)C=C(C#N)CCC3)cc(O)c2c1. The lowest BCUT2D eigenvalue weighted by Crippen LogP contribution is -2.42. The summed E-state index contributed by atoms with van der Waals surface area (Å²) in [6.07, 6.45) is 8.84. The molecule has 0 saturated heterocycles. The van der Waals surface area contributed by atoms with Crippen LogP contribution in [-0.2, 0) is 6.54 Å². The van der Waals surface area contributed by atoms with Crippen LogP contribution >= 0.6 is 0 Å². The second-order valence-corrected chi connectivity index (χ2v) is 6.56. The molecule has 0 fully saturated rings. The first-order valence-electron chi connectivity index (χ1n) is 7.85. The maximum atomic E-state index is 10.3. The molecule has 1 unspecified atom stereocenters. The number of rotatable bonds is 3. The van der Waals surface area contributed by atoms with Crippen LogP contribution in [0.5, 0.6) is 11.5 Å². The summed E-state index contributed by atoms with van der Waals surface area (Å²) >= 11 is 0. The molecule has 0 saturated carbocycles. The van der Waals surface area contributed by atoms with Crippen LogP contribution in [0, 0.1) is 16.7 Å². The number of aromatic hydroxyl groups is 1. The van der Waals surface area contributed by atoms with E-state index in [1.165, 1.54) is 0 Å². The van der Waals surface area contributed by atoms with Crippen molar-refractivity contribution in [2.75, 3.05) is 7.11 Å². The zero-order valence-electron chi connectivity index (χ0n) is 13.5. The van der Waals surface area contributed by atoms with Crippen molar-refractivity contribution in [3.8, 4) is 17.6 Å². The van der Waals surface area contributed by atoms with Gasteiger partial charge in [-0.05, 0) is 44.4 Å². The fourth-order valence-electron chi connectivity index (χ4n) is 3.41. The van der Waals surface area contributed by atoms with Crippen LogP contribution in [0.25, 0.3) is 10.8 Å². The molecule has 1 aromatic heterocycles. The van der Waals surface area contributed by atoms with Gasteiger partial charge in [0.1, 0.15) is 5.75 Å². The Balaban J connectivity index is 1.96. The second kappa shape index (κ2) is 5.92. The average Bonchev–Trinajstić information content (AvgIpc) is 2.54. The van der Waals surface area contributed by atoms with Gasteiger partial charge in [0.2, 0.25) is 6.20 Å². The van der Waals surface area contributed by atoms with Crippen molar-refractivity contribution < 1.29 is 14.4 Å². The first kappa shape index (κ1) is 15.4. The Morgan fingerprint density at radius 2 is 2.22 bits per heavy atom. The number of nitriles is 1. The van der Waals surface area contributed by atoms with E-state index in [1.807, 2.05) is 29.0 Å². The van der Waals surface area contributed by atoms with Crippen molar-refractivity contribution >= 4 is 10.8 Å². The third kappa shape index (κ3) is 3.14. The molecular weight excluding hydrogens is 288 g/mol. The number of fused-ring (bicyclic) bond motifs is 1. The zero-order chi connectivity index (χ0) is 16.4. The number of nitrogens with zero attached hydrogens (tertiary/aromatic N) is 2. The number of hydrogen-bond acceptors (Lipinski definition) is 3. The number of methoxy groups -OCH3 is 1. The Morgan fingerprint density at radius 1 is 1.39 bits per heavy atom. The van der Waals surface area contributed by atoms with Crippen molar-refractivity contribution in [1.82, 2.24) is 0 Å². The van der Waals surface area contributed by atoms with E-state index < -0.39 is 0 Å². The number of allylic oxidation sites excluding steroid dienone is 2. The average molecular weight is 309 g/mol. The van der Waals surface area contributed by atoms with Gasteiger partial charge in [0.25, 0.3) is 0 Å². The Labute approximate surface area is 136 Å². The molecule has 3 rings (SSSR count). The van der Waals surface area contributed by atoms with Crippen LogP contribution in [0.15, 0.2) is 42.2 Å². The van der Waals surface area contributed by atoms with Crippen molar-refractivity contribution in [3.05, 3.63) is 42.2 Å². The molecule has 4 nitrogen and oxygen atoms in total. The highest BCUT2D eigenvalue weighted by atomic mass is 16.5. The smallest absolute Gasteiger partial charge is 0.211 e. The van der Waals surface area contributed by atoms with Gasteiger partial charge in [-0.25, -0.2) is 4.57 Å². The van der Waals surface area contributed by atoms with E-state index in [9.17, 15) is 5.11 Å². The molecule has 118 valence electrons. The van der Waals surface area contributed by atoms with E-state index in [-0.39, 0.29) is 11.2 Å². The highest BCUT2D eigenvalue weighted by molar-refractivity contribution is 5.87. The molecular formula is C19H21N2O2+. The molecule has 1 heterocycles. The van der Waals surface area contributed by atoms with Gasteiger partial charge in [-0.2, -0.15) is 5.26 Å². The monoisotopic (exact) mass is 309 g/mol. The van der Waals surface area contributed by atoms with Crippen LogP contribution in [0.1, 0.15) is 26.2 Å². The van der Waals surface area contributed by atoms with Crippen molar-refractivity contribution in [1.29, 1.82) is 5.26 Å². The van der Waals surface area contributed by atoms with Crippen LogP contribution in [-0.4, -0.2) is 12.2 Å². The van der Waals surface area contributed by atoms with E-state index >= 15 is 0 Å². The number of ether oxygens (including phenoxy) is 1. The first-order valence-corrected chi connectivity index (χ1v) is 7.85. The van der Waals surface area contributed by atoms with Gasteiger partial charge in [0, 0.05) is 21.8 Å². The molecule has 2 aromatic rings. The minimum absolute atomic E-state index is 0.0550. The number of hydrogen-bond donors (Lipinski definition) is 1. The van der Waals surface area contributed by atoms with Gasteiger partial charge < -0.3 is 9.84 Å². The van der Waals surface area contributed by atoms with Gasteiger partial charge in [-0.1, -0.05) is 6.08 Å². The molecule has 0 bridgehead atoms. The van der Waals surface area contributed by atoms with Crippen LogP contribution in [0.2, 0.25) is 0 Å². The first-order chi connectivity index (χ1) is 11.0. The number of benzene rings is 1. The Morgan fingerprint density at radius 3 is 2.96 bits per heavy atom. The summed E-state index contributed by atoms with van der Waals surface area (Å²) in [5.41, 5.74) is 0.815. The standard InChI is InChI=1S/C19H20N2O2/c1-19(7-3-4-14(9-19)10-20)13-21-11-15-5-6-16(23-2)8-17(15)18(22)12-21/h5-6,8-9,11-12H,3-4,7,13H2,1-2H3/p+1. The maximum Gasteiger partial charge on any atom is 0.211 e. The summed E-state index contributed by atoms with van der Waals surface area (Å²) < 4.78 is 7.23. The van der Waals surface area contributed by atoms with E-state index in [2.05, 4.69) is 19.1 Å². The Hall–Kier alpha value is -2.54. The van der Waals surface area contributed by atoms with E-state index in [0.717, 1.165) is 47.9 Å². The lowest BCUT2D eigenvalue weighted by atomic mass is 9.78. The zero-order valence-corrected chi connectivity index (χ0v) is 13.5. The molecule has 0 amide bonds. The quantitative estimate of drug-likeness (QED) is 0.883. The summed E-state index contributed by atoms with van der Waals surface area (Å²) in [6.45, 7) is 2.92. The molecule has 4 heteroatoms. The predicted molar refractivity (Wildman–Crippen MR) is 88.0 cm³/mol. The molecule has 1 aliphatic carbocycles. The molecule has 0 aliphatic heterocycles. The minimum atomic E-state index is -0.0550. The summed E-state index contributed by atoms with van der Waals surface area (Å²) in [4.78, 5) is 0. The van der Waals surface area contributed by atoms with Crippen molar-refractivity contribution in [3.63, 3.8) is 0 Å². The number of aromatic nitrogens is 1. The third-order valence-corrected chi connectivity index (χ3v) is 4.53.